The number of allylic oxidation sites excluding steroid dienone is 2. The van der Waals surface area contributed by atoms with Gasteiger partial charge in [0.1, 0.15) is 5.83 Å². The molecule has 1 N–H and O–H groups in total. The maximum absolute atomic E-state index is 13.4. The Morgan fingerprint density at radius 1 is 1.19 bits per heavy atom. The average Bonchev–Trinajstić information content (AvgIpc) is 3.11. The highest BCUT2D eigenvalue weighted by Gasteiger charge is 2.38. The molecule has 0 amide bonds. The zero-order valence-corrected chi connectivity index (χ0v) is 16.3. The molecule has 4 rings (SSSR count). The van der Waals surface area contributed by atoms with E-state index in [0.717, 1.165) is 44.6 Å². The molecule has 0 spiro atoms. The van der Waals surface area contributed by atoms with E-state index in [1.165, 1.54) is 38.5 Å². The van der Waals surface area contributed by atoms with Crippen molar-refractivity contribution in [3.05, 3.63) is 24.1 Å². The highest BCUT2D eigenvalue weighted by molar-refractivity contribution is 5.92. The van der Waals surface area contributed by atoms with Crippen LogP contribution in [0, 0.1) is 17.3 Å². The van der Waals surface area contributed by atoms with Gasteiger partial charge in [0.15, 0.2) is 6.10 Å². The van der Waals surface area contributed by atoms with Gasteiger partial charge in [0.05, 0.1) is 11.6 Å². The van der Waals surface area contributed by atoms with E-state index in [4.69, 9.17) is 4.84 Å². The van der Waals surface area contributed by atoms with Crippen LogP contribution in [0.15, 0.2) is 29.2 Å². The van der Waals surface area contributed by atoms with Gasteiger partial charge in [-0.3, -0.25) is 0 Å². The number of nitrogens with zero attached hydrogens (tertiary/aromatic N) is 2. The van der Waals surface area contributed by atoms with Crippen LogP contribution in [0.5, 0.6) is 0 Å². The lowest BCUT2D eigenvalue weighted by Crippen LogP contribution is -2.40. The van der Waals surface area contributed by atoms with Gasteiger partial charge in [-0.1, -0.05) is 30.5 Å². The summed E-state index contributed by atoms with van der Waals surface area (Å²) in [5.41, 5.74) is 1.49. The summed E-state index contributed by atoms with van der Waals surface area (Å²) in [5, 5.41) is 13.8. The van der Waals surface area contributed by atoms with Gasteiger partial charge in [-0.25, -0.2) is 4.39 Å². The quantitative estimate of drug-likeness (QED) is 0.755. The second-order valence-electron chi connectivity index (χ2n) is 8.92. The van der Waals surface area contributed by atoms with Gasteiger partial charge in [-0.15, -0.1) is 0 Å². The molecule has 2 heterocycles. The van der Waals surface area contributed by atoms with Gasteiger partial charge in [0.2, 0.25) is 0 Å². The first-order chi connectivity index (χ1) is 13.2. The SMILES string of the molecule is OCCC1(CCN2CCC(C3=NOC4C=C(F)C=CC34)CC2)CCCCC1. The van der Waals surface area contributed by atoms with E-state index in [-0.39, 0.29) is 17.8 Å². The number of aliphatic hydroxyl groups excluding tert-OH is 1. The number of hydrogen-bond donors (Lipinski definition) is 1. The van der Waals surface area contributed by atoms with E-state index in [0.29, 0.717) is 17.9 Å². The Morgan fingerprint density at radius 3 is 2.70 bits per heavy atom. The minimum absolute atomic E-state index is 0.121. The molecule has 0 radical (unpaired) electrons. The lowest BCUT2D eigenvalue weighted by Gasteiger charge is -2.40. The van der Waals surface area contributed by atoms with E-state index in [9.17, 15) is 9.50 Å². The smallest absolute Gasteiger partial charge is 0.160 e. The van der Waals surface area contributed by atoms with Crippen LogP contribution in [-0.4, -0.2) is 48.1 Å². The maximum atomic E-state index is 13.4. The molecule has 0 aromatic rings. The summed E-state index contributed by atoms with van der Waals surface area (Å²) in [7, 11) is 0. The third-order valence-electron chi connectivity index (χ3n) is 7.28. The lowest BCUT2D eigenvalue weighted by atomic mass is 9.69. The molecule has 2 unspecified atom stereocenters. The monoisotopic (exact) mass is 376 g/mol. The maximum Gasteiger partial charge on any atom is 0.160 e. The molecule has 1 saturated carbocycles. The van der Waals surface area contributed by atoms with Crippen molar-refractivity contribution in [3.63, 3.8) is 0 Å². The van der Waals surface area contributed by atoms with Crippen molar-refractivity contribution < 1.29 is 14.3 Å². The Bertz CT molecular complexity index is 596. The highest BCUT2D eigenvalue weighted by Crippen LogP contribution is 2.42. The van der Waals surface area contributed by atoms with E-state index < -0.39 is 0 Å². The predicted molar refractivity (Wildman–Crippen MR) is 105 cm³/mol. The standard InChI is InChI=1S/C22H33FN2O2/c23-18-4-5-19-20(16-18)27-24-21(19)17-6-12-25(13-7-17)14-10-22(11-15-26)8-2-1-3-9-22/h4-5,16-17,19-20,26H,1-3,6-15H2. The van der Waals surface area contributed by atoms with Crippen molar-refractivity contribution in [1.82, 2.24) is 4.90 Å². The van der Waals surface area contributed by atoms with Crippen LogP contribution in [-0.2, 0) is 4.84 Å². The largest absolute Gasteiger partial charge is 0.396 e. The van der Waals surface area contributed by atoms with Crippen LogP contribution in [0.1, 0.15) is 57.8 Å². The second kappa shape index (κ2) is 8.44. The second-order valence-corrected chi connectivity index (χ2v) is 8.92. The van der Waals surface area contributed by atoms with Crippen molar-refractivity contribution in [2.45, 2.75) is 63.9 Å². The minimum Gasteiger partial charge on any atom is -0.396 e. The van der Waals surface area contributed by atoms with Gasteiger partial charge in [-0.2, -0.15) is 0 Å². The van der Waals surface area contributed by atoms with Gasteiger partial charge in [0, 0.05) is 12.5 Å². The first-order valence-corrected chi connectivity index (χ1v) is 10.8. The number of halogens is 1. The van der Waals surface area contributed by atoms with E-state index in [1.807, 2.05) is 6.08 Å². The Kier molecular flexibility index (Phi) is 5.98. The van der Waals surface area contributed by atoms with Crippen LogP contribution in [0.3, 0.4) is 0 Å². The van der Waals surface area contributed by atoms with E-state index in [2.05, 4.69) is 10.1 Å². The molecule has 4 nitrogen and oxygen atoms in total. The molecule has 0 aromatic carbocycles. The number of likely N-dealkylation sites (tertiary alicyclic amines) is 1. The fourth-order valence-electron chi connectivity index (χ4n) is 5.52. The first kappa shape index (κ1) is 19.1. The highest BCUT2D eigenvalue weighted by atomic mass is 19.1. The Labute approximate surface area is 162 Å². The Morgan fingerprint density at radius 2 is 1.96 bits per heavy atom. The number of aliphatic hydroxyl groups is 1. The number of piperidine rings is 1. The van der Waals surface area contributed by atoms with Gasteiger partial charge >= 0.3 is 0 Å². The summed E-state index contributed by atoms with van der Waals surface area (Å²) in [6, 6.07) is 0. The van der Waals surface area contributed by atoms with Crippen LogP contribution in [0.25, 0.3) is 0 Å². The summed E-state index contributed by atoms with van der Waals surface area (Å²) >= 11 is 0. The molecule has 2 aliphatic carbocycles. The molecule has 5 heteroatoms. The van der Waals surface area contributed by atoms with Crippen molar-refractivity contribution in [2.24, 2.45) is 22.4 Å². The summed E-state index contributed by atoms with van der Waals surface area (Å²) in [6.45, 7) is 3.68. The van der Waals surface area contributed by atoms with Crippen molar-refractivity contribution in [3.8, 4) is 0 Å². The molecule has 2 atom stereocenters. The predicted octanol–water partition coefficient (Wildman–Crippen LogP) is 4.22. The molecular formula is C22H33FN2O2. The number of rotatable bonds is 6. The van der Waals surface area contributed by atoms with E-state index >= 15 is 0 Å². The molecule has 2 aliphatic heterocycles. The molecule has 27 heavy (non-hydrogen) atoms. The van der Waals surface area contributed by atoms with Crippen molar-refractivity contribution in [1.29, 1.82) is 0 Å². The first-order valence-electron chi connectivity index (χ1n) is 10.8. The van der Waals surface area contributed by atoms with Crippen LogP contribution in [0.4, 0.5) is 4.39 Å². The van der Waals surface area contributed by atoms with Crippen LogP contribution in [0.2, 0.25) is 0 Å². The molecule has 2 fully saturated rings. The summed E-state index contributed by atoms with van der Waals surface area (Å²) in [6.07, 6.45) is 15.8. The van der Waals surface area contributed by atoms with Gasteiger partial charge < -0.3 is 14.8 Å². The van der Waals surface area contributed by atoms with E-state index in [1.54, 1.807) is 12.2 Å². The number of fused-ring (bicyclic) bond motifs is 1. The molecule has 4 aliphatic rings. The topological polar surface area (TPSA) is 45.1 Å². The zero-order chi connectivity index (χ0) is 18.7. The summed E-state index contributed by atoms with van der Waals surface area (Å²) in [4.78, 5) is 8.06. The summed E-state index contributed by atoms with van der Waals surface area (Å²) in [5.74, 6) is 0.356. The van der Waals surface area contributed by atoms with Gasteiger partial charge in [-0.05, 0) is 75.7 Å². The molecule has 150 valence electrons. The summed E-state index contributed by atoms with van der Waals surface area (Å²) < 4.78 is 13.4. The Hall–Kier alpha value is -1.20. The van der Waals surface area contributed by atoms with Crippen LogP contribution < -0.4 is 0 Å². The normalized spacial score (nSPS) is 31.2. The molecular weight excluding hydrogens is 343 g/mol. The van der Waals surface area contributed by atoms with Crippen molar-refractivity contribution in [2.75, 3.05) is 26.2 Å². The zero-order valence-electron chi connectivity index (χ0n) is 16.3. The minimum atomic E-state index is -0.243. The van der Waals surface area contributed by atoms with Gasteiger partial charge in [0.25, 0.3) is 0 Å². The van der Waals surface area contributed by atoms with Crippen LogP contribution >= 0.6 is 0 Å². The van der Waals surface area contributed by atoms with Crippen molar-refractivity contribution >= 4 is 5.71 Å². The third kappa shape index (κ3) is 4.29. The fourth-order valence-corrected chi connectivity index (χ4v) is 5.52. The fraction of sp³-hybridized carbons (Fsp3) is 0.773. The third-order valence-corrected chi connectivity index (χ3v) is 7.28. The lowest BCUT2D eigenvalue weighted by molar-refractivity contribution is 0.0926. The Balaban J connectivity index is 1.26. The molecule has 1 saturated heterocycles. The molecule has 0 aromatic heterocycles. The average molecular weight is 377 g/mol. The number of hydrogen-bond acceptors (Lipinski definition) is 4. The molecule has 0 bridgehead atoms. The number of oxime groups is 1.